The van der Waals surface area contributed by atoms with Crippen LogP contribution in [0.3, 0.4) is 0 Å². The van der Waals surface area contributed by atoms with Gasteiger partial charge in [0.15, 0.2) is 0 Å². The second-order valence-corrected chi connectivity index (χ2v) is 8.82. The van der Waals surface area contributed by atoms with Crippen LogP contribution in [0.25, 0.3) is 0 Å². The molecule has 1 aliphatic rings. The third-order valence-corrected chi connectivity index (χ3v) is 9.01. The lowest BCUT2D eigenvalue weighted by atomic mass is 10.0. The van der Waals surface area contributed by atoms with Gasteiger partial charge in [0, 0.05) is 23.2 Å². The van der Waals surface area contributed by atoms with Crippen molar-refractivity contribution in [1.29, 1.82) is 0 Å². The van der Waals surface area contributed by atoms with Crippen LogP contribution >= 0.6 is 33.3 Å². The lowest BCUT2D eigenvalue weighted by Gasteiger charge is -2.59. The fourth-order valence-electron chi connectivity index (χ4n) is 1.12. The predicted octanol–water partition coefficient (Wildman–Crippen LogP) is 4.53. The minimum atomic E-state index is -0.630. The van der Waals surface area contributed by atoms with Gasteiger partial charge in [0.05, 0.1) is 0 Å². The first-order valence-electron chi connectivity index (χ1n) is 5.50. The average molecular weight is 271 g/mol. The molecule has 1 saturated heterocycles. The molecule has 0 aromatic rings. The monoisotopic (exact) mass is 270 g/mol. The molecule has 1 rings (SSSR count). The fraction of sp³-hybridized carbons (Fsp3) is 1.00. The van der Waals surface area contributed by atoms with Crippen molar-refractivity contribution in [3.05, 3.63) is 0 Å². The minimum absolute atomic E-state index is 0.207. The Morgan fingerprint density at radius 3 is 1.53 bits per heavy atom. The van der Waals surface area contributed by atoms with E-state index in [9.17, 15) is 0 Å². The number of thiol groups is 1. The van der Waals surface area contributed by atoms with Gasteiger partial charge >= 0.3 is 0 Å². The topological polar surface area (TPSA) is 6.48 Å². The lowest BCUT2D eigenvalue weighted by molar-refractivity contribution is 0.279. The highest BCUT2D eigenvalue weighted by Gasteiger charge is 2.47. The van der Waals surface area contributed by atoms with Gasteiger partial charge in [0.1, 0.15) is 0 Å². The van der Waals surface area contributed by atoms with E-state index in [0.29, 0.717) is 0 Å². The quantitative estimate of drug-likeness (QED) is 0.593. The predicted molar refractivity (Wildman–Crippen MR) is 74.8 cm³/mol. The second kappa shape index (κ2) is 4.65. The van der Waals surface area contributed by atoms with Gasteiger partial charge in [0.25, 0.3) is 0 Å². The van der Waals surface area contributed by atoms with Crippen LogP contribution in [0.15, 0.2) is 0 Å². The van der Waals surface area contributed by atoms with Crippen LogP contribution in [-0.4, -0.2) is 18.5 Å². The summed E-state index contributed by atoms with van der Waals surface area (Å²) < 4.78 is 4.70. The molecule has 0 spiro atoms. The molecule has 0 radical (unpaired) electrons. The molecule has 5 heteroatoms. The highest BCUT2D eigenvalue weighted by molar-refractivity contribution is 8.46. The Labute approximate surface area is 106 Å². The van der Waals surface area contributed by atoms with E-state index in [4.69, 9.17) is 10.7 Å². The van der Waals surface area contributed by atoms with Crippen LogP contribution in [0.1, 0.15) is 54.4 Å². The first-order valence-corrected chi connectivity index (χ1v) is 8.39. The number of rotatable bonds is 4. The Kier molecular flexibility index (Phi) is 4.33. The summed E-state index contributed by atoms with van der Waals surface area (Å²) in [6.07, 6.45) is 2.26. The average Bonchev–Trinajstić information content (AvgIpc) is 2.14. The molecule has 0 N–H and O–H groups in total. The van der Waals surface area contributed by atoms with Crippen molar-refractivity contribution in [1.82, 2.24) is 7.42 Å². The minimum Gasteiger partial charge on any atom is -0.169 e. The molecule has 0 unspecified atom stereocenters. The molecule has 1 heterocycles. The highest BCUT2D eigenvalue weighted by atomic mass is 35.7. The van der Waals surface area contributed by atoms with E-state index < -0.39 is 10.5 Å². The van der Waals surface area contributed by atoms with Gasteiger partial charge in [-0.15, -0.1) is 0 Å². The zero-order valence-electron chi connectivity index (χ0n) is 10.5. The molecule has 1 aliphatic heterocycles. The molecule has 92 valence electrons. The zero-order valence-corrected chi connectivity index (χ0v) is 13.0. The molecule has 0 aromatic carbocycles. The maximum absolute atomic E-state index is 6.50. The molecule has 0 bridgehead atoms. The Balaban J connectivity index is 2.63. The zero-order chi connectivity index (χ0) is 11.9. The summed E-state index contributed by atoms with van der Waals surface area (Å²) in [7, 11) is 5.87. The Hall–Kier alpha value is 0.910. The maximum Gasteiger partial charge on any atom is 0.0384 e. The summed E-state index contributed by atoms with van der Waals surface area (Å²) in [5.74, 6) is 0. The molecule has 15 heavy (non-hydrogen) atoms. The van der Waals surface area contributed by atoms with Gasteiger partial charge in [-0.1, -0.05) is 13.8 Å². The molecule has 1 fully saturated rings. The summed E-state index contributed by atoms with van der Waals surface area (Å²) in [6, 6.07) is 0. The van der Waals surface area contributed by atoms with Crippen molar-refractivity contribution in [2.75, 3.05) is 0 Å². The number of halogens is 1. The van der Waals surface area contributed by atoms with Crippen LogP contribution in [0.2, 0.25) is 0 Å². The summed E-state index contributed by atoms with van der Waals surface area (Å²) in [4.78, 5) is 0. The van der Waals surface area contributed by atoms with Crippen LogP contribution in [-0.2, 0) is 0 Å². The molecular formula is C10H23ClN2S2. The smallest absolute Gasteiger partial charge is 0.0384 e. The van der Waals surface area contributed by atoms with Gasteiger partial charge < -0.3 is 0 Å². The van der Waals surface area contributed by atoms with Crippen molar-refractivity contribution in [2.45, 2.75) is 65.5 Å². The second-order valence-electron chi connectivity index (χ2n) is 5.20. The van der Waals surface area contributed by atoms with Crippen LogP contribution in [0, 0.1) is 0 Å². The fourth-order valence-corrected chi connectivity index (χ4v) is 5.90. The van der Waals surface area contributed by atoms with E-state index in [0.717, 1.165) is 12.8 Å². The molecule has 0 aromatic heterocycles. The van der Waals surface area contributed by atoms with Crippen molar-refractivity contribution in [2.24, 2.45) is 0 Å². The summed E-state index contributed by atoms with van der Waals surface area (Å²) in [5.41, 5.74) is 0.414. The molecule has 0 amide bonds. The van der Waals surface area contributed by atoms with Gasteiger partial charge in [-0.25, -0.2) is 0 Å². The standard InChI is InChI=1S/C10H23ClN2S2/c1-7-9(3,4)12-14-13(15(12)11)10(5,6)8-2/h15H,7-8H2,1-6H3. The van der Waals surface area contributed by atoms with E-state index in [1.165, 1.54) is 0 Å². The molecule has 0 aliphatic carbocycles. The van der Waals surface area contributed by atoms with E-state index in [1.54, 1.807) is 0 Å². The number of nitrogens with zero attached hydrogens (tertiary/aromatic N) is 2. The third kappa shape index (κ3) is 2.60. The maximum atomic E-state index is 6.50. The largest absolute Gasteiger partial charge is 0.169 e. The van der Waals surface area contributed by atoms with E-state index in [-0.39, 0.29) is 11.1 Å². The van der Waals surface area contributed by atoms with Crippen molar-refractivity contribution in [3.63, 3.8) is 0 Å². The van der Waals surface area contributed by atoms with Crippen molar-refractivity contribution in [3.8, 4) is 0 Å². The first kappa shape index (κ1) is 14.0. The molecule has 0 saturated carbocycles. The Morgan fingerprint density at radius 1 is 1.00 bits per heavy atom. The Bertz CT molecular complexity index is 211. The van der Waals surface area contributed by atoms with E-state index in [2.05, 4.69) is 49.0 Å². The number of hydrogen-bond donors (Lipinski definition) is 1. The van der Waals surface area contributed by atoms with Gasteiger partial charge in [-0.3, -0.25) is 0 Å². The summed E-state index contributed by atoms with van der Waals surface area (Å²) in [5, 5.41) is 0. The van der Waals surface area contributed by atoms with E-state index in [1.807, 2.05) is 12.1 Å². The molecule has 0 atom stereocenters. The first-order chi connectivity index (χ1) is 6.76. The van der Waals surface area contributed by atoms with Gasteiger partial charge in [0.2, 0.25) is 0 Å². The Morgan fingerprint density at radius 2 is 1.33 bits per heavy atom. The third-order valence-electron chi connectivity index (χ3n) is 3.22. The van der Waals surface area contributed by atoms with Crippen LogP contribution < -0.4 is 0 Å². The van der Waals surface area contributed by atoms with Crippen LogP contribution in [0.5, 0.6) is 0 Å². The van der Waals surface area contributed by atoms with Gasteiger partial charge in [-0.2, -0.15) is 7.42 Å². The summed E-state index contributed by atoms with van der Waals surface area (Å²) >= 11 is 1.81. The van der Waals surface area contributed by atoms with E-state index >= 15 is 0 Å². The van der Waals surface area contributed by atoms with Crippen molar-refractivity contribution >= 4 is 33.3 Å². The highest BCUT2D eigenvalue weighted by Crippen LogP contribution is 2.66. The summed E-state index contributed by atoms with van der Waals surface area (Å²) in [6.45, 7) is 13.5. The number of hydrogen-bond acceptors (Lipinski definition) is 3. The molecule has 2 nitrogen and oxygen atoms in total. The SMILES string of the molecule is CCC(C)(C)N1SN(C(C)(C)CC)[SH]1Cl. The molecular weight excluding hydrogens is 248 g/mol. The lowest BCUT2D eigenvalue weighted by Crippen LogP contribution is -2.52. The van der Waals surface area contributed by atoms with Crippen LogP contribution in [0.4, 0.5) is 0 Å². The normalized spacial score (nSPS) is 23.0. The van der Waals surface area contributed by atoms with Crippen molar-refractivity contribution < 1.29 is 0 Å². The van der Waals surface area contributed by atoms with Gasteiger partial charge in [-0.05, 0) is 61.7 Å².